The first-order chi connectivity index (χ1) is 7.77. The smallest absolute Gasteiger partial charge is 0.111 e. The predicted molar refractivity (Wildman–Crippen MR) is 79.9 cm³/mol. The fourth-order valence-corrected chi connectivity index (χ4v) is 2.42. The summed E-state index contributed by atoms with van der Waals surface area (Å²) in [6.45, 7) is 8.64. The molecule has 0 saturated carbocycles. The van der Waals surface area contributed by atoms with Gasteiger partial charge in [-0.25, -0.2) is 0 Å². The number of nitrogens with zero attached hydrogens (tertiary/aromatic N) is 1. The molecule has 0 aromatic heterocycles. The third kappa shape index (κ3) is 18.2. The molecule has 19 heavy (non-hydrogen) atoms. The maximum atomic E-state index is 6.00. The molecule has 0 aliphatic heterocycles. The molecule has 0 amide bonds. The van der Waals surface area contributed by atoms with Gasteiger partial charge >= 0.3 is 0 Å². The lowest BCUT2D eigenvalue weighted by atomic mass is 10.1. The molecule has 120 valence electrons. The molecule has 0 aliphatic rings. The van der Waals surface area contributed by atoms with Crippen molar-refractivity contribution >= 4 is 0 Å². The first-order valence-corrected chi connectivity index (χ1v) is 7.21. The van der Waals surface area contributed by atoms with Crippen molar-refractivity contribution in [2.45, 2.75) is 64.9 Å². The van der Waals surface area contributed by atoms with Gasteiger partial charge in [-0.1, -0.05) is 39.0 Å². The van der Waals surface area contributed by atoms with E-state index in [1.165, 1.54) is 38.5 Å². The van der Waals surface area contributed by atoms with E-state index in [2.05, 4.69) is 41.9 Å². The van der Waals surface area contributed by atoms with E-state index in [9.17, 15) is 0 Å². The van der Waals surface area contributed by atoms with Gasteiger partial charge in [-0.15, -0.1) is 0 Å². The van der Waals surface area contributed by atoms with E-state index in [1.54, 1.807) is 0 Å². The van der Waals surface area contributed by atoms with Gasteiger partial charge in [0, 0.05) is 6.61 Å². The Balaban J connectivity index is -0.00000128. The minimum Gasteiger partial charge on any atom is -1.00 e. The number of rotatable bonds is 10. The molecule has 2 N–H and O–H groups in total. The van der Waals surface area contributed by atoms with E-state index in [-0.39, 0.29) is 23.5 Å². The first-order valence-electron chi connectivity index (χ1n) is 7.21. The molecule has 0 heterocycles. The van der Waals surface area contributed by atoms with E-state index in [0.717, 1.165) is 17.6 Å². The van der Waals surface area contributed by atoms with Gasteiger partial charge < -0.3 is 27.1 Å². The largest absolute Gasteiger partial charge is 1.00 e. The molecule has 0 bridgehead atoms. The number of likely N-dealkylation sites (N-methyl/N-ethyl adjacent to an activating group) is 1. The second-order valence-corrected chi connectivity index (χ2v) is 6.82. The number of hydrogen-bond donors (Lipinski definition) is 0. The van der Waals surface area contributed by atoms with E-state index >= 15 is 0 Å². The quantitative estimate of drug-likeness (QED) is 0.414. The predicted octanol–water partition coefficient (Wildman–Crippen LogP) is 0.0276. The van der Waals surface area contributed by atoms with Crippen molar-refractivity contribution in [2.75, 3.05) is 34.3 Å². The average Bonchev–Trinajstić information content (AvgIpc) is 2.12. The lowest BCUT2D eigenvalue weighted by molar-refractivity contribution is -0.876. The first kappa shape index (κ1) is 24.2. The van der Waals surface area contributed by atoms with Crippen LogP contribution in [-0.2, 0) is 4.74 Å². The van der Waals surface area contributed by atoms with Crippen molar-refractivity contribution in [3.63, 3.8) is 0 Å². The minimum atomic E-state index is 0. The van der Waals surface area contributed by atoms with Crippen LogP contribution in [-0.4, -0.2) is 49.9 Å². The average molecular weight is 298 g/mol. The number of unbranched alkanes of at least 4 members (excludes halogenated alkanes) is 5. The Morgan fingerprint density at radius 3 is 1.84 bits per heavy atom. The summed E-state index contributed by atoms with van der Waals surface area (Å²) >= 11 is 0. The molecule has 0 spiro atoms. The van der Waals surface area contributed by atoms with Crippen LogP contribution < -0.4 is 12.4 Å². The van der Waals surface area contributed by atoms with Gasteiger partial charge in [0.05, 0.1) is 21.1 Å². The highest BCUT2D eigenvalue weighted by Gasteiger charge is 2.26. The van der Waals surface area contributed by atoms with Crippen LogP contribution >= 0.6 is 0 Å². The molecule has 3 nitrogen and oxygen atoms in total. The zero-order valence-electron chi connectivity index (χ0n) is 13.9. The number of ether oxygens (including phenoxy) is 1. The van der Waals surface area contributed by atoms with E-state index < -0.39 is 0 Å². The highest BCUT2D eigenvalue weighted by molar-refractivity contribution is 4.67. The van der Waals surface area contributed by atoms with Crippen LogP contribution in [0.2, 0.25) is 0 Å². The summed E-state index contributed by atoms with van der Waals surface area (Å²) in [5.74, 6) is 0. The SMILES string of the molecule is CCCCCCCCOC(C)(C)C[N+](C)(C)C.O.[Cl-]. The molecular formula is C15H36ClNO2. The fourth-order valence-electron chi connectivity index (χ4n) is 2.42. The summed E-state index contributed by atoms with van der Waals surface area (Å²) in [6.07, 6.45) is 8.00. The zero-order chi connectivity index (χ0) is 13.4. The summed E-state index contributed by atoms with van der Waals surface area (Å²) in [6, 6.07) is 0. The van der Waals surface area contributed by atoms with E-state index in [4.69, 9.17) is 4.74 Å². The lowest BCUT2D eigenvalue weighted by Crippen LogP contribution is -3.00. The Hall–Kier alpha value is 0.170. The Bertz CT molecular complexity index is 191. The van der Waals surface area contributed by atoms with Crippen LogP contribution in [0.25, 0.3) is 0 Å². The second kappa shape index (κ2) is 12.0. The van der Waals surface area contributed by atoms with Gasteiger partial charge in [0.25, 0.3) is 0 Å². The number of halogens is 1. The summed E-state index contributed by atoms with van der Waals surface area (Å²) in [4.78, 5) is 0. The van der Waals surface area contributed by atoms with Gasteiger partial charge in [-0.05, 0) is 20.3 Å². The number of quaternary nitrogens is 1. The standard InChI is InChI=1S/C15H34NO.ClH.H2O/c1-7-8-9-10-11-12-13-17-15(2,3)14-16(4,5)6;;/h7-14H2,1-6H3;1H;1H2/q+1;;/p-1. The van der Waals surface area contributed by atoms with Gasteiger partial charge in [0.15, 0.2) is 0 Å². The van der Waals surface area contributed by atoms with Crippen LogP contribution in [0, 0.1) is 0 Å². The molecule has 4 heteroatoms. The molecule has 0 radical (unpaired) electrons. The lowest BCUT2D eigenvalue weighted by Gasteiger charge is -2.34. The Kier molecular flexibility index (Phi) is 15.2. The third-order valence-electron chi connectivity index (χ3n) is 2.85. The van der Waals surface area contributed by atoms with Crippen LogP contribution in [0.15, 0.2) is 0 Å². The third-order valence-corrected chi connectivity index (χ3v) is 2.85. The van der Waals surface area contributed by atoms with Crippen molar-refractivity contribution in [1.29, 1.82) is 0 Å². The molecule has 0 fully saturated rings. The Morgan fingerprint density at radius 2 is 1.37 bits per heavy atom. The Labute approximate surface area is 127 Å². The normalized spacial score (nSPS) is 11.7. The summed E-state index contributed by atoms with van der Waals surface area (Å²) in [5, 5.41) is 0. The molecule has 0 aliphatic carbocycles. The highest BCUT2D eigenvalue weighted by atomic mass is 35.5. The molecule has 0 aromatic carbocycles. The van der Waals surface area contributed by atoms with Gasteiger partial charge in [-0.2, -0.15) is 0 Å². The molecule has 0 atom stereocenters. The monoisotopic (exact) mass is 297 g/mol. The van der Waals surface area contributed by atoms with Crippen LogP contribution in [0.4, 0.5) is 0 Å². The van der Waals surface area contributed by atoms with E-state index in [0.29, 0.717) is 0 Å². The Morgan fingerprint density at radius 1 is 0.895 bits per heavy atom. The molecule has 0 aromatic rings. The highest BCUT2D eigenvalue weighted by Crippen LogP contribution is 2.14. The van der Waals surface area contributed by atoms with Gasteiger partial charge in [0.2, 0.25) is 0 Å². The van der Waals surface area contributed by atoms with Crippen LogP contribution in [0.3, 0.4) is 0 Å². The van der Waals surface area contributed by atoms with Crippen molar-refractivity contribution in [3.8, 4) is 0 Å². The minimum absolute atomic E-state index is 0. The topological polar surface area (TPSA) is 40.7 Å². The van der Waals surface area contributed by atoms with Crippen molar-refractivity contribution in [1.82, 2.24) is 0 Å². The second-order valence-electron chi connectivity index (χ2n) is 6.82. The van der Waals surface area contributed by atoms with Crippen molar-refractivity contribution in [2.24, 2.45) is 0 Å². The fraction of sp³-hybridized carbons (Fsp3) is 1.00. The maximum absolute atomic E-state index is 6.00. The van der Waals surface area contributed by atoms with E-state index in [1.807, 2.05) is 0 Å². The maximum Gasteiger partial charge on any atom is 0.111 e. The van der Waals surface area contributed by atoms with Crippen LogP contribution in [0.1, 0.15) is 59.3 Å². The van der Waals surface area contributed by atoms with Crippen LogP contribution in [0.5, 0.6) is 0 Å². The molecule has 0 rings (SSSR count). The van der Waals surface area contributed by atoms with Crippen molar-refractivity contribution in [3.05, 3.63) is 0 Å². The summed E-state index contributed by atoms with van der Waals surface area (Å²) < 4.78 is 6.96. The van der Waals surface area contributed by atoms with Gasteiger partial charge in [-0.3, -0.25) is 0 Å². The van der Waals surface area contributed by atoms with Gasteiger partial charge in [0.1, 0.15) is 12.1 Å². The molecule has 0 saturated heterocycles. The van der Waals surface area contributed by atoms with Crippen molar-refractivity contribution < 1.29 is 27.1 Å². The zero-order valence-corrected chi connectivity index (χ0v) is 14.6. The number of hydrogen-bond acceptors (Lipinski definition) is 1. The summed E-state index contributed by atoms with van der Waals surface area (Å²) in [7, 11) is 6.65. The molecular weight excluding hydrogens is 262 g/mol. The summed E-state index contributed by atoms with van der Waals surface area (Å²) in [5.41, 5.74) is 0.00166. The molecule has 0 unspecified atom stereocenters.